The third-order valence-electron chi connectivity index (χ3n) is 14.2. The van der Waals surface area contributed by atoms with Gasteiger partial charge in [-0.2, -0.15) is 0 Å². The molecule has 8 nitrogen and oxygen atoms in total. The smallest absolute Gasteiger partial charge is 0.387 e. The number of nitrogens with one attached hydrogen (secondary N) is 1. The summed E-state index contributed by atoms with van der Waals surface area (Å²) in [5.74, 6) is -0.180. The Labute approximate surface area is 436 Å². The average molecular weight is 1010 g/mol. The Kier molecular flexibility index (Phi) is 52.1. The summed E-state index contributed by atoms with van der Waals surface area (Å²) < 4.78 is 23.7. The minimum Gasteiger partial charge on any atom is -0.387 e. The van der Waals surface area contributed by atoms with Gasteiger partial charge in [0.2, 0.25) is 5.91 Å². The molecule has 0 aliphatic carbocycles. The SMILES string of the molecule is CCCCCCCCCCCCCCCCCCCCC/C=C/CC/C=C/C(O)C(COP(=O)(O)OCC[N+](C)(C)C)NC(=O)CCCCCCCCCCCCCCCCCCCCCCCCC. The van der Waals surface area contributed by atoms with E-state index in [2.05, 4.69) is 31.3 Å². The number of rotatable bonds is 57. The van der Waals surface area contributed by atoms with Gasteiger partial charge in [0.15, 0.2) is 0 Å². The van der Waals surface area contributed by atoms with E-state index in [0.29, 0.717) is 17.4 Å². The monoisotopic (exact) mass is 1010 g/mol. The molecule has 70 heavy (non-hydrogen) atoms. The summed E-state index contributed by atoms with van der Waals surface area (Å²) >= 11 is 0. The second-order valence-electron chi connectivity index (χ2n) is 22.4. The fourth-order valence-corrected chi connectivity index (χ4v) is 10.1. The van der Waals surface area contributed by atoms with Crippen LogP contribution >= 0.6 is 7.82 Å². The zero-order chi connectivity index (χ0) is 51.3. The molecule has 0 aromatic heterocycles. The van der Waals surface area contributed by atoms with Crippen LogP contribution in [0.4, 0.5) is 0 Å². The van der Waals surface area contributed by atoms with Crippen molar-refractivity contribution in [1.29, 1.82) is 0 Å². The van der Waals surface area contributed by atoms with Crippen molar-refractivity contribution in [3.05, 3.63) is 24.3 Å². The maximum Gasteiger partial charge on any atom is 0.472 e. The molecule has 0 saturated carbocycles. The van der Waals surface area contributed by atoms with Crippen LogP contribution in [0.2, 0.25) is 0 Å². The molecule has 416 valence electrons. The lowest BCUT2D eigenvalue weighted by Crippen LogP contribution is -2.45. The van der Waals surface area contributed by atoms with Crippen molar-refractivity contribution in [3.8, 4) is 0 Å². The Hall–Kier alpha value is -1.02. The number of allylic oxidation sites excluding steroid dienone is 3. The van der Waals surface area contributed by atoms with Gasteiger partial charge in [-0.25, -0.2) is 4.57 Å². The highest BCUT2D eigenvalue weighted by Gasteiger charge is 2.27. The molecule has 0 aliphatic rings. The minimum atomic E-state index is -4.35. The van der Waals surface area contributed by atoms with Crippen LogP contribution in [-0.2, 0) is 18.4 Å². The molecule has 9 heteroatoms. The van der Waals surface area contributed by atoms with Gasteiger partial charge < -0.3 is 19.8 Å². The minimum absolute atomic E-state index is 0.0589. The van der Waals surface area contributed by atoms with Crippen LogP contribution in [0.5, 0.6) is 0 Å². The molecule has 0 bridgehead atoms. The van der Waals surface area contributed by atoms with Gasteiger partial charge in [-0.1, -0.05) is 295 Å². The highest BCUT2D eigenvalue weighted by atomic mass is 31.2. The van der Waals surface area contributed by atoms with Crippen LogP contribution in [0.3, 0.4) is 0 Å². The summed E-state index contributed by atoms with van der Waals surface area (Å²) in [7, 11) is 1.57. The molecule has 0 radical (unpaired) electrons. The van der Waals surface area contributed by atoms with E-state index in [1.807, 2.05) is 27.2 Å². The van der Waals surface area contributed by atoms with Gasteiger partial charge in [0, 0.05) is 6.42 Å². The van der Waals surface area contributed by atoms with E-state index in [1.54, 1.807) is 6.08 Å². The fourth-order valence-electron chi connectivity index (χ4n) is 9.36. The van der Waals surface area contributed by atoms with Gasteiger partial charge in [-0.3, -0.25) is 13.8 Å². The number of carbonyl (C=O) groups is 1. The number of nitrogens with zero attached hydrogens (tertiary/aromatic N) is 1. The first-order valence-electron chi connectivity index (χ1n) is 30.7. The molecule has 3 unspecified atom stereocenters. The first kappa shape index (κ1) is 69.0. The normalized spacial score (nSPS) is 14.0. The Morgan fingerprint density at radius 3 is 1.14 bits per heavy atom. The van der Waals surface area contributed by atoms with Crippen molar-refractivity contribution in [1.82, 2.24) is 5.32 Å². The molecule has 0 fully saturated rings. The number of likely N-dealkylation sites (N-methyl/N-ethyl adjacent to an activating group) is 1. The largest absolute Gasteiger partial charge is 0.472 e. The summed E-state index contributed by atoms with van der Waals surface area (Å²) in [5, 5.41) is 13.9. The lowest BCUT2D eigenvalue weighted by atomic mass is 10.0. The van der Waals surface area contributed by atoms with Crippen molar-refractivity contribution in [2.75, 3.05) is 40.9 Å². The highest BCUT2D eigenvalue weighted by Crippen LogP contribution is 2.43. The summed E-state index contributed by atoms with van der Waals surface area (Å²) in [4.78, 5) is 23.3. The zero-order valence-corrected chi connectivity index (χ0v) is 48.4. The summed E-state index contributed by atoms with van der Waals surface area (Å²) in [6, 6.07) is -0.860. The third-order valence-corrected chi connectivity index (χ3v) is 15.2. The van der Waals surface area contributed by atoms with E-state index < -0.39 is 20.0 Å². The number of amides is 1. The fraction of sp³-hybridized carbons (Fsp3) is 0.918. The van der Waals surface area contributed by atoms with E-state index >= 15 is 0 Å². The van der Waals surface area contributed by atoms with Gasteiger partial charge >= 0.3 is 7.82 Å². The van der Waals surface area contributed by atoms with Crippen molar-refractivity contribution in [2.45, 2.75) is 321 Å². The van der Waals surface area contributed by atoms with Crippen LogP contribution in [0.25, 0.3) is 0 Å². The molecule has 0 aromatic rings. The Morgan fingerprint density at radius 1 is 0.471 bits per heavy atom. The number of phosphoric ester groups is 1. The molecule has 1 amide bonds. The average Bonchev–Trinajstić information content (AvgIpc) is 3.32. The number of aliphatic hydroxyl groups is 1. The quantitative estimate of drug-likeness (QED) is 0.0243. The van der Waals surface area contributed by atoms with Crippen LogP contribution in [0, 0.1) is 0 Å². The van der Waals surface area contributed by atoms with Gasteiger partial charge in [-0.05, 0) is 32.1 Å². The lowest BCUT2D eigenvalue weighted by Gasteiger charge is -2.25. The van der Waals surface area contributed by atoms with Gasteiger partial charge in [0.05, 0.1) is 39.9 Å². The summed E-state index contributed by atoms with van der Waals surface area (Å²) in [6.07, 6.45) is 67.3. The third kappa shape index (κ3) is 54.7. The van der Waals surface area contributed by atoms with Crippen LogP contribution in [0.15, 0.2) is 24.3 Å². The predicted molar refractivity (Wildman–Crippen MR) is 305 cm³/mol. The van der Waals surface area contributed by atoms with E-state index in [-0.39, 0.29) is 19.1 Å². The van der Waals surface area contributed by atoms with Crippen LogP contribution in [-0.4, -0.2) is 73.4 Å². The van der Waals surface area contributed by atoms with Crippen molar-refractivity contribution >= 4 is 13.7 Å². The molecule has 3 N–H and O–H groups in total. The van der Waals surface area contributed by atoms with E-state index in [9.17, 15) is 19.4 Å². The molecule has 0 saturated heterocycles. The van der Waals surface area contributed by atoms with E-state index in [1.165, 1.54) is 250 Å². The second-order valence-corrected chi connectivity index (χ2v) is 23.9. The topological polar surface area (TPSA) is 105 Å². The summed E-state index contributed by atoms with van der Waals surface area (Å²) in [6.45, 7) is 4.85. The molecule has 0 rings (SSSR count). The maximum atomic E-state index is 13.0. The maximum absolute atomic E-state index is 13.0. The number of carbonyl (C=O) groups excluding carboxylic acids is 1. The van der Waals surface area contributed by atoms with E-state index in [4.69, 9.17) is 9.05 Å². The molecule has 0 aliphatic heterocycles. The highest BCUT2D eigenvalue weighted by molar-refractivity contribution is 7.47. The molecule has 0 spiro atoms. The zero-order valence-electron chi connectivity index (χ0n) is 47.5. The Bertz CT molecular complexity index is 1190. The molecular formula is C61H122N2O6P+. The number of hydrogen-bond donors (Lipinski definition) is 3. The lowest BCUT2D eigenvalue weighted by molar-refractivity contribution is -0.870. The Morgan fingerprint density at radius 2 is 0.786 bits per heavy atom. The first-order valence-corrected chi connectivity index (χ1v) is 32.2. The molecule has 0 heterocycles. The predicted octanol–water partition coefficient (Wildman–Crippen LogP) is 18.8. The first-order chi connectivity index (χ1) is 34.0. The summed E-state index contributed by atoms with van der Waals surface area (Å²) in [5.41, 5.74) is 0. The van der Waals surface area contributed by atoms with Crippen molar-refractivity contribution in [3.63, 3.8) is 0 Å². The number of quaternary nitrogens is 1. The number of hydrogen-bond acceptors (Lipinski definition) is 5. The van der Waals surface area contributed by atoms with Gasteiger partial charge in [0.1, 0.15) is 13.2 Å². The molecular weight excluding hydrogens is 888 g/mol. The second kappa shape index (κ2) is 52.8. The van der Waals surface area contributed by atoms with Crippen LogP contribution in [0.1, 0.15) is 309 Å². The van der Waals surface area contributed by atoms with Crippen molar-refractivity contribution < 1.29 is 32.9 Å². The van der Waals surface area contributed by atoms with Gasteiger partial charge in [-0.15, -0.1) is 0 Å². The standard InChI is InChI=1S/C61H121N2O6P/c1-6-8-10-12-14-16-18-20-22-24-26-28-30-31-33-34-36-38-40-42-44-46-48-50-52-54-60(64)59(58-69-70(66,67)68-57-56-63(3,4)5)62-61(65)55-53-51-49-47-45-43-41-39-37-35-32-29-27-25-23-21-19-17-15-13-11-9-7-2/h44,46,52,54,59-60,64H,6-43,45,47-51,53,55-58H2,1-5H3,(H-,62,65,66,67)/p+1/b46-44+,54-52+. The number of aliphatic hydroxyl groups excluding tert-OH is 1. The Balaban J connectivity index is 4.18. The van der Waals surface area contributed by atoms with Crippen molar-refractivity contribution in [2.24, 2.45) is 0 Å². The number of phosphoric acid groups is 1. The van der Waals surface area contributed by atoms with E-state index in [0.717, 1.165) is 38.5 Å². The van der Waals surface area contributed by atoms with Crippen LogP contribution < -0.4 is 5.32 Å². The molecule has 3 atom stereocenters. The molecule has 0 aromatic carbocycles. The number of unbranched alkanes of at least 4 members (excludes halogenated alkanes) is 42. The van der Waals surface area contributed by atoms with Gasteiger partial charge in [0.25, 0.3) is 0 Å².